The average Bonchev–Trinajstić information content (AvgIpc) is 2.29. The van der Waals surface area contributed by atoms with Gasteiger partial charge in [0.15, 0.2) is 0 Å². The summed E-state index contributed by atoms with van der Waals surface area (Å²) < 4.78 is 0. The van der Waals surface area contributed by atoms with E-state index in [1.54, 1.807) is 0 Å². The second-order valence-corrected chi connectivity index (χ2v) is 5.68. The van der Waals surface area contributed by atoms with Crippen LogP contribution in [0.15, 0.2) is 0 Å². The summed E-state index contributed by atoms with van der Waals surface area (Å²) in [4.78, 5) is 0. The number of hydrogen-bond donors (Lipinski definition) is 0. The molecule has 0 amide bonds. The van der Waals surface area contributed by atoms with E-state index in [-0.39, 0.29) is 0 Å². The van der Waals surface area contributed by atoms with E-state index in [4.69, 9.17) is 0 Å². The first-order chi connectivity index (χ1) is 7.21. The van der Waals surface area contributed by atoms with Crippen LogP contribution < -0.4 is 0 Å². The van der Waals surface area contributed by atoms with Crippen molar-refractivity contribution in [2.45, 2.75) is 79.1 Å². The maximum absolute atomic E-state index is 2.41. The van der Waals surface area contributed by atoms with Gasteiger partial charge in [-0.3, -0.25) is 0 Å². The van der Waals surface area contributed by atoms with Crippen molar-refractivity contribution >= 4 is 0 Å². The third kappa shape index (κ3) is 2.98. The van der Waals surface area contributed by atoms with E-state index in [2.05, 4.69) is 27.7 Å². The molecule has 15 heavy (non-hydrogen) atoms. The smallest absolute Gasteiger partial charge is 0.0297 e. The normalized spacial score (nSPS) is 36.8. The molecule has 0 spiro atoms. The highest BCUT2D eigenvalue weighted by Gasteiger charge is 2.37. The Morgan fingerprint density at radius 3 is 2.13 bits per heavy atom. The van der Waals surface area contributed by atoms with Crippen molar-refractivity contribution in [3.8, 4) is 0 Å². The van der Waals surface area contributed by atoms with Gasteiger partial charge in [-0.05, 0) is 42.9 Å². The first-order valence-electron chi connectivity index (χ1n) is 7.21. The molecule has 0 aromatic carbocycles. The number of hydrogen-bond acceptors (Lipinski definition) is 0. The Balaban J connectivity index is 2.63. The van der Waals surface area contributed by atoms with Gasteiger partial charge in [0.1, 0.15) is 0 Å². The lowest BCUT2D eigenvalue weighted by Crippen LogP contribution is -2.33. The molecule has 0 aliphatic heterocycles. The van der Waals surface area contributed by atoms with Crippen LogP contribution in [0.1, 0.15) is 79.1 Å². The van der Waals surface area contributed by atoms with Gasteiger partial charge in [0.05, 0.1) is 0 Å². The molecule has 0 N–H and O–H groups in total. The lowest BCUT2D eigenvalue weighted by Gasteiger charge is -2.44. The summed E-state index contributed by atoms with van der Waals surface area (Å²) in [6.07, 6.45) is 11.6. The van der Waals surface area contributed by atoms with Crippen molar-refractivity contribution in [1.82, 2.24) is 0 Å². The Hall–Kier alpha value is 0. The minimum atomic E-state index is 0.723. The van der Waals surface area contributed by atoms with Crippen LogP contribution in [0.4, 0.5) is 0 Å². The maximum Gasteiger partial charge on any atom is -0.0297 e. The molecule has 0 heteroatoms. The fourth-order valence-electron chi connectivity index (χ4n) is 3.82. The molecule has 0 radical (unpaired) electrons. The van der Waals surface area contributed by atoms with Crippen LogP contribution in [0, 0.1) is 17.3 Å². The molecule has 1 fully saturated rings. The summed E-state index contributed by atoms with van der Waals surface area (Å²) >= 11 is 0. The molecule has 0 heterocycles. The van der Waals surface area contributed by atoms with Gasteiger partial charge in [0.25, 0.3) is 0 Å². The molecule has 1 aliphatic carbocycles. The summed E-state index contributed by atoms with van der Waals surface area (Å²) in [7, 11) is 0. The van der Waals surface area contributed by atoms with Crippen LogP contribution in [0.3, 0.4) is 0 Å². The Morgan fingerprint density at radius 2 is 1.67 bits per heavy atom. The van der Waals surface area contributed by atoms with E-state index in [0.29, 0.717) is 0 Å². The lowest BCUT2D eigenvalue weighted by atomic mass is 9.61. The van der Waals surface area contributed by atoms with Gasteiger partial charge in [-0.2, -0.15) is 0 Å². The standard InChI is InChI=1S/C15H30/c1-5-10-15(8-4)11-9-13(6-2)14(7-3)12-15/h13-14H,5-12H2,1-4H3. The SMILES string of the molecule is CCCC1(CC)CCC(CC)C(CC)C1. The fraction of sp³-hybridized carbons (Fsp3) is 1.00. The molecule has 0 bridgehead atoms. The van der Waals surface area contributed by atoms with Crippen molar-refractivity contribution in [1.29, 1.82) is 0 Å². The van der Waals surface area contributed by atoms with Gasteiger partial charge in [0.2, 0.25) is 0 Å². The van der Waals surface area contributed by atoms with Crippen LogP contribution in [-0.2, 0) is 0 Å². The third-order valence-corrected chi connectivity index (χ3v) is 4.99. The predicted molar refractivity (Wildman–Crippen MR) is 69.0 cm³/mol. The summed E-state index contributed by atoms with van der Waals surface area (Å²) in [5.41, 5.74) is 0.723. The zero-order chi connectivity index (χ0) is 11.3. The van der Waals surface area contributed by atoms with Crippen molar-refractivity contribution in [3.05, 3.63) is 0 Å². The van der Waals surface area contributed by atoms with Crippen LogP contribution >= 0.6 is 0 Å². The summed E-state index contributed by atoms with van der Waals surface area (Å²) in [6, 6.07) is 0. The Kier molecular flexibility index (Phi) is 5.15. The first kappa shape index (κ1) is 13.1. The maximum atomic E-state index is 2.41. The summed E-state index contributed by atoms with van der Waals surface area (Å²) in [6.45, 7) is 9.54. The van der Waals surface area contributed by atoms with E-state index in [0.717, 1.165) is 17.3 Å². The largest absolute Gasteiger partial charge is 0.0654 e. The van der Waals surface area contributed by atoms with Gasteiger partial charge in [-0.1, -0.05) is 53.4 Å². The molecular formula is C15H30. The highest BCUT2D eigenvalue weighted by atomic mass is 14.4. The second kappa shape index (κ2) is 5.92. The molecular weight excluding hydrogens is 180 g/mol. The van der Waals surface area contributed by atoms with Crippen molar-refractivity contribution in [2.24, 2.45) is 17.3 Å². The van der Waals surface area contributed by atoms with E-state index in [1.165, 1.54) is 51.4 Å². The minimum Gasteiger partial charge on any atom is -0.0654 e. The molecule has 0 aromatic heterocycles. The van der Waals surface area contributed by atoms with Crippen molar-refractivity contribution in [2.75, 3.05) is 0 Å². The zero-order valence-electron chi connectivity index (χ0n) is 11.3. The Labute approximate surface area is 96.8 Å². The highest BCUT2D eigenvalue weighted by Crippen LogP contribution is 2.49. The molecule has 3 unspecified atom stereocenters. The summed E-state index contributed by atoms with van der Waals surface area (Å²) in [5, 5.41) is 0. The zero-order valence-corrected chi connectivity index (χ0v) is 11.3. The molecule has 0 nitrogen and oxygen atoms in total. The second-order valence-electron chi connectivity index (χ2n) is 5.68. The average molecular weight is 210 g/mol. The van der Waals surface area contributed by atoms with E-state index in [9.17, 15) is 0 Å². The van der Waals surface area contributed by atoms with Crippen LogP contribution in [0.2, 0.25) is 0 Å². The molecule has 1 aliphatic rings. The molecule has 1 saturated carbocycles. The van der Waals surface area contributed by atoms with Gasteiger partial charge >= 0.3 is 0 Å². The molecule has 1 rings (SSSR count). The van der Waals surface area contributed by atoms with Gasteiger partial charge in [-0.15, -0.1) is 0 Å². The minimum absolute atomic E-state index is 0.723. The van der Waals surface area contributed by atoms with Crippen LogP contribution in [-0.4, -0.2) is 0 Å². The molecule has 3 atom stereocenters. The van der Waals surface area contributed by atoms with Gasteiger partial charge in [-0.25, -0.2) is 0 Å². The van der Waals surface area contributed by atoms with Gasteiger partial charge in [0, 0.05) is 0 Å². The fourth-order valence-corrected chi connectivity index (χ4v) is 3.82. The van der Waals surface area contributed by atoms with E-state index >= 15 is 0 Å². The van der Waals surface area contributed by atoms with Crippen LogP contribution in [0.25, 0.3) is 0 Å². The predicted octanol–water partition coefficient (Wildman–Crippen LogP) is 5.42. The molecule has 0 saturated heterocycles. The summed E-state index contributed by atoms with van der Waals surface area (Å²) in [5.74, 6) is 2.06. The van der Waals surface area contributed by atoms with Crippen molar-refractivity contribution in [3.63, 3.8) is 0 Å². The highest BCUT2D eigenvalue weighted by molar-refractivity contribution is 4.88. The Bertz CT molecular complexity index is 173. The molecule has 90 valence electrons. The Morgan fingerprint density at radius 1 is 1.00 bits per heavy atom. The van der Waals surface area contributed by atoms with Crippen LogP contribution in [0.5, 0.6) is 0 Å². The first-order valence-corrected chi connectivity index (χ1v) is 7.21. The third-order valence-electron chi connectivity index (χ3n) is 4.99. The topological polar surface area (TPSA) is 0 Å². The molecule has 0 aromatic rings. The van der Waals surface area contributed by atoms with Gasteiger partial charge < -0.3 is 0 Å². The monoisotopic (exact) mass is 210 g/mol. The quantitative estimate of drug-likeness (QED) is 0.568. The van der Waals surface area contributed by atoms with Crippen molar-refractivity contribution < 1.29 is 0 Å². The number of rotatable bonds is 5. The van der Waals surface area contributed by atoms with E-state index in [1.807, 2.05) is 0 Å². The van der Waals surface area contributed by atoms with E-state index < -0.39 is 0 Å². The lowest BCUT2D eigenvalue weighted by molar-refractivity contribution is 0.0688.